The van der Waals surface area contributed by atoms with Crippen molar-refractivity contribution < 1.29 is 36.2 Å². The van der Waals surface area contributed by atoms with E-state index in [1.807, 2.05) is 0 Å². The van der Waals surface area contributed by atoms with Crippen molar-refractivity contribution in [2.45, 2.75) is 26.2 Å². The van der Waals surface area contributed by atoms with Gasteiger partial charge in [-0.05, 0) is 61.4 Å². The lowest BCUT2D eigenvalue weighted by Crippen LogP contribution is -2.08. The van der Waals surface area contributed by atoms with Crippen LogP contribution in [0, 0.1) is 13.8 Å². The number of hydrogen-bond donors (Lipinski definition) is 1. The normalized spacial score (nSPS) is 11.6. The summed E-state index contributed by atoms with van der Waals surface area (Å²) in [6.07, 6.45) is -8.76. The highest BCUT2D eigenvalue weighted by molar-refractivity contribution is 9.10. The molecule has 1 N–H and O–H groups in total. The second-order valence-electron chi connectivity index (χ2n) is 5.41. The fraction of sp³-hybridized carbons (Fsp3) is 0.235. The third-order valence-electron chi connectivity index (χ3n) is 3.02. The van der Waals surface area contributed by atoms with Crippen molar-refractivity contribution in [1.82, 2.24) is 0 Å². The first-order valence-corrected chi connectivity index (χ1v) is 7.76. The molecule has 2 aromatic carbocycles. The van der Waals surface area contributed by atoms with E-state index in [1.165, 1.54) is 13.0 Å². The Morgan fingerprint density at radius 1 is 0.808 bits per heavy atom. The van der Waals surface area contributed by atoms with E-state index in [-0.39, 0.29) is 11.1 Å². The van der Waals surface area contributed by atoms with Gasteiger partial charge in [0, 0.05) is 4.47 Å². The van der Waals surface area contributed by atoms with Gasteiger partial charge in [-0.25, -0.2) is 4.79 Å². The molecule has 0 heterocycles. The summed E-state index contributed by atoms with van der Waals surface area (Å²) in [6.45, 7) is 3.04. The van der Waals surface area contributed by atoms with Gasteiger partial charge in [0.2, 0.25) is 0 Å². The lowest BCUT2D eigenvalue weighted by molar-refractivity contribution is -0.138. The third-order valence-corrected chi connectivity index (χ3v) is 3.48. The van der Waals surface area contributed by atoms with Crippen LogP contribution in [-0.4, -0.2) is 11.1 Å². The zero-order valence-electron chi connectivity index (χ0n) is 13.5. The summed E-state index contributed by atoms with van der Waals surface area (Å²) in [5, 5.41) is 8.53. The summed E-state index contributed by atoms with van der Waals surface area (Å²) >= 11 is 3.01. The molecule has 0 saturated heterocycles. The van der Waals surface area contributed by atoms with E-state index in [2.05, 4.69) is 15.9 Å². The number of aryl methyl sites for hydroxylation is 2. The smallest absolute Gasteiger partial charge is 0.416 e. The monoisotopic (exact) mass is 442 g/mol. The molecule has 9 heteroatoms. The highest BCUT2D eigenvalue weighted by Gasteiger charge is 2.31. The summed E-state index contributed by atoms with van der Waals surface area (Å²) in [6, 6.07) is 6.53. The van der Waals surface area contributed by atoms with Gasteiger partial charge in [0.25, 0.3) is 0 Å². The van der Waals surface area contributed by atoms with Crippen LogP contribution in [0.4, 0.5) is 26.3 Å². The van der Waals surface area contributed by atoms with Crippen molar-refractivity contribution in [3.05, 3.63) is 68.7 Å². The Morgan fingerprint density at radius 3 is 1.62 bits per heavy atom. The van der Waals surface area contributed by atoms with E-state index >= 15 is 0 Å². The van der Waals surface area contributed by atoms with Crippen LogP contribution < -0.4 is 0 Å². The molecule has 142 valence electrons. The van der Waals surface area contributed by atoms with Crippen LogP contribution >= 0.6 is 15.9 Å². The molecule has 0 fully saturated rings. The third kappa shape index (κ3) is 6.70. The number of rotatable bonds is 1. The van der Waals surface area contributed by atoms with Crippen LogP contribution in [0.3, 0.4) is 0 Å². The molecule has 0 aliphatic carbocycles. The Kier molecular flexibility index (Phi) is 6.87. The summed E-state index contributed by atoms with van der Waals surface area (Å²) < 4.78 is 73.5. The van der Waals surface area contributed by atoms with Crippen LogP contribution in [0.15, 0.2) is 40.9 Å². The first-order chi connectivity index (χ1) is 11.7. The summed E-state index contributed by atoms with van der Waals surface area (Å²) in [5.74, 6) is -1.36. The molecular formula is C17H13BrF6O2. The van der Waals surface area contributed by atoms with Crippen LogP contribution in [0.1, 0.15) is 32.6 Å². The largest absolute Gasteiger partial charge is 0.478 e. The second kappa shape index (κ2) is 8.11. The standard InChI is InChI=1S/C9H7F3O2.C8H6BrF3/c1-5-2-6(8(13)14)4-7(3-5)9(10,11)12;1-5-2-6(8(10,11)12)4-7(9)3-5/h2-4H,1H3,(H,13,14);2-4H,1H3. The number of aromatic carboxylic acids is 1. The molecule has 0 spiro atoms. The molecule has 0 aliphatic heterocycles. The quantitative estimate of drug-likeness (QED) is 0.512. The Labute approximate surface area is 153 Å². The topological polar surface area (TPSA) is 37.3 Å². The van der Waals surface area contributed by atoms with Crippen LogP contribution in [0.2, 0.25) is 0 Å². The first-order valence-electron chi connectivity index (χ1n) is 6.96. The van der Waals surface area contributed by atoms with Gasteiger partial charge in [0.05, 0.1) is 16.7 Å². The molecule has 0 bridgehead atoms. The zero-order valence-corrected chi connectivity index (χ0v) is 15.1. The molecular weight excluding hydrogens is 430 g/mol. The van der Waals surface area contributed by atoms with Gasteiger partial charge in [0.1, 0.15) is 0 Å². The predicted molar refractivity (Wildman–Crippen MR) is 87.0 cm³/mol. The van der Waals surface area contributed by atoms with Gasteiger partial charge in [-0.2, -0.15) is 26.3 Å². The minimum atomic E-state index is -4.50. The maximum absolute atomic E-state index is 12.2. The summed E-state index contributed by atoms with van der Waals surface area (Å²) in [5.41, 5.74) is -1.03. The van der Waals surface area contributed by atoms with Gasteiger partial charge in [-0.3, -0.25) is 0 Å². The molecule has 0 atom stereocenters. The van der Waals surface area contributed by atoms with Gasteiger partial charge in [-0.1, -0.05) is 15.9 Å². The maximum Gasteiger partial charge on any atom is 0.416 e. The van der Waals surface area contributed by atoms with Crippen molar-refractivity contribution >= 4 is 21.9 Å². The fourth-order valence-corrected chi connectivity index (χ4v) is 2.58. The van der Waals surface area contributed by atoms with E-state index < -0.39 is 29.4 Å². The Balaban J connectivity index is 0.000000263. The zero-order chi connectivity index (χ0) is 20.3. The number of carbonyl (C=O) groups is 1. The van der Waals surface area contributed by atoms with Crippen molar-refractivity contribution in [1.29, 1.82) is 0 Å². The average molecular weight is 443 g/mol. The highest BCUT2D eigenvalue weighted by Crippen LogP contribution is 2.32. The molecule has 0 aliphatic rings. The van der Waals surface area contributed by atoms with E-state index in [0.717, 1.165) is 18.2 Å². The predicted octanol–water partition coefficient (Wildman–Crippen LogP) is 6.49. The van der Waals surface area contributed by atoms with Crippen molar-refractivity contribution in [3.63, 3.8) is 0 Å². The Hall–Kier alpha value is -2.03. The van der Waals surface area contributed by atoms with E-state index in [0.29, 0.717) is 16.1 Å². The SMILES string of the molecule is Cc1cc(Br)cc(C(F)(F)F)c1.Cc1cc(C(=O)O)cc(C(F)(F)F)c1. The highest BCUT2D eigenvalue weighted by atomic mass is 79.9. The van der Waals surface area contributed by atoms with Gasteiger partial charge in [0.15, 0.2) is 0 Å². The lowest BCUT2D eigenvalue weighted by atomic mass is 10.1. The minimum Gasteiger partial charge on any atom is -0.478 e. The van der Waals surface area contributed by atoms with Gasteiger partial charge >= 0.3 is 18.3 Å². The molecule has 0 aromatic heterocycles. The van der Waals surface area contributed by atoms with Crippen LogP contribution in [-0.2, 0) is 12.4 Å². The van der Waals surface area contributed by atoms with Gasteiger partial charge in [-0.15, -0.1) is 0 Å². The van der Waals surface area contributed by atoms with E-state index in [1.54, 1.807) is 13.0 Å². The average Bonchev–Trinajstić information content (AvgIpc) is 2.44. The summed E-state index contributed by atoms with van der Waals surface area (Å²) in [7, 11) is 0. The van der Waals surface area contributed by atoms with Crippen molar-refractivity contribution in [2.24, 2.45) is 0 Å². The number of hydrogen-bond acceptors (Lipinski definition) is 1. The molecule has 2 rings (SSSR count). The lowest BCUT2D eigenvalue weighted by Gasteiger charge is -2.08. The van der Waals surface area contributed by atoms with Crippen LogP contribution in [0.5, 0.6) is 0 Å². The number of halogens is 7. The molecule has 2 aromatic rings. The Bertz CT molecular complexity index is 777. The fourth-order valence-electron chi connectivity index (χ4n) is 1.97. The van der Waals surface area contributed by atoms with Crippen molar-refractivity contribution in [3.8, 4) is 0 Å². The number of benzene rings is 2. The van der Waals surface area contributed by atoms with E-state index in [4.69, 9.17) is 5.11 Å². The minimum absolute atomic E-state index is 0.275. The van der Waals surface area contributed by atoms with Gasteiger partial charge < -0.3 is 5.11 Å². The molecule has 0 radical (unpaired) electrons. The number of carboxylic acid groups (broad SMARTS) is 1. The van der Waals surface area contributed by atoms with E-state index in [9.17, 15) is 31.1 Å². The maximum atomic E-state index is 12.2. The molecule has 0 unspecified atom stereocenters. The first kappa shape index (κ1) is 22.0. The number of carboxylic acids is 1. The molecule has 0 saturated carbocycles. The number of alkyl halides is 6. The summed E-state index contributed by atoms with van der Waals surface area (Å²) in [4.78, 5) is 10.5. The molecule has 0 amide bonds. The van der Waals surface area contributed by atoms with Crippen molar-refractivity contribution in [2.75, 3.05) is 0 Å². The Morgan fingerprint density at radius 2 is 1.23 bits per heavy atom. The van der Waals surface area contributed by atoms with Crippen LogP contribution in [0.25, 0.3) is 0 Å². The molecule has 2 nitrogen and oxygen atoms in total. The second-order valence-corrected chi connectivity index (χ2v) is 6.32. The molecule has 26 heavy (non-hydrogen) atoms.